The van der Waals surface area contributed by atoms with Gasteiger partial charge in [0.2, 0.25) is 0 Å². The van der Waals surface area contributed by atoms with E-state index < -0.39 is 11.9 Å². The van der Waals surface area contributed by atoms with Crippen molar-refractivity contribution in [3.63, 3.8) is 0 Å². The van der Waals surface area contributed by atoms with Gasteiger partial charge in [-0.1, -0.05) is 0 Å². The Kier molecular flexibility index (Phi) is 323. The van der Waals surface area contributed by atoms with Crippen LogP contribution in [-0.4, -0.2) is 44.4 Å². The van der Waals surface area contributed by atoms with E-state index in [9.17, 15) is 0 Å². The Morgan fingerprint density at radius 1 is 0.933 bits per heavy atom. The van der Waals surface area contributed by atoms with Gasteiger partial charge in [0.25, 0.3) is 5.97 Å². The summed E-state index contributed by atoms with van der Waals surface area (Å²) in [6.07, 6.45) is 0. The minimum Gasteiger partial charge on any atom is -0.550 e. The zero-order valence-corrected chi connectivity index (χ0v) is 12.0. The summed E-state index contributed by atoms with van der Waals surface area (Å²) in [5.74, 6) is -1.92. The summed E-state index contributed by atoms with van der Waals surface area (Å²) in [5.41, 5.74) is 0. The standard InChI is InChI=1S/2C2H4O2.Ag.Na.5H2O/c2*1-2(3)4;;;;;;;/h2*1H3,(H,3,4);;;5*1H2/q;;;+1;;;;;/p-1. The molecular weight excluding hydrogens is 323 g/mol. The molecule has 0 spiro atoms. The maximum atomic E-state index is 9.00. The Labute approximate surface area is 124 Å². The van der Waals surface area contributed by atoms with Crippen molar-refractivity contribution in [3.8, 4) is 0 Å². The number of carboxylic acids is 2. The van der Waals surface area contributed by atoms with Crippen LogP contribution < -0.4 is 34.7 Å². The third-order valence-corrected chi connectivity index (χ3v) is 0. The molecule has 99 valence electrons. The van der Waals surface area contributed by atoms with Gasteiger partial charge in [-0.05, 0) is 6.92 Å². The van der Waals surface area contributed by atoms with Crippen LogP contribution in [0.15, 0.2) is 0 Å². The first-order valence-corrected chi connectivity index (χ1v) is 1.84. The third kappa shape index (κ3) is 9780. The molecule has 11 N–H and O–H groups in total. The van der Waals surface area contributed by atoms with Crippen molar-refractivity contribution in [2.45, 2.75) is 13.8 Å². The predicted octanol–water partition coefficient (Wildman–Crippen LogP) is -8.27. The van der Waals surface area contributed by atoms with Crippen molar-refractivity contribution in [2.24, 2.45) is 0 Å². The van der Waals surface area contributed by atoms with Gasteiger partial charge in [0, 0.05) is 35.3 Å². The van der Waals surface area contributed by atoms with Crippen molar-refractivity contribution >= 4 is 11.9 Å². The zero-order valence-electron chi connectivity index (χ0n) is 8.47. The fraction of sp³-hybridized carbons (Fsp3) is 0.500. The van der Waals surface area contributed by atoms with Gasteiger partial charge in [-0.25, -0.2) is 0 Å². The second-order valence-electron chi connectivity index (χ2n) is 1.01. The van der Waals surface area contributed by atoms with E-state index in [0.29, 0.717) is 0 Å². The third-order valence-electron chi connectivity index (χ3n) is 0. The number of hydrogen-bond donors (Lipinski definition) is 1. The maximum Gasteiger partial charge on any atom is 1.00 e. The normalized spacial score (nSPS) is 3.33. The first-order chi connectivity index (χ1) is 3.46. The Morgan fingerprint density at radius 3 is 0.933 bits per heavy atom. The predicted molar refractivity (Wildman–Crippen MR) is 42.1 cm³/mol. The average Bonchev–Trinajstić information content (AvgIpc) is 1.25. The topological polar surface area (TPSA) is 235 Å². The van der Waals surface area contributed by atoms with Gasteiger partial charge < -0.3 is 42.4 Å². The molecule has 0 aromatic carbocycles. The van der Waals surface area contributed by atoms with Crippen molar-refractivity contribution in [1.29, 1.82) is 0 Å². The molecule has 0 atom stereocenters. The van der Waals surface area contributed by atoms with Gasteiger partial charge in [0.1, 0.15) is 0 Å². The van der Waals surface area contributed by atoms with E-state index in [1.807, 2.05) is 0 Å². The molecule has 0 aliphatic heterocycles. The summed E-state index contributed by atoms with van der Waals surface area (Å²) in [6, 6.07) is 0. The van der Waals surface area contributed by atoms with Gasteiger partial charge in [0.15, 0.2) is 0 Å². The number of aliphatic carboxylic acids is 2. The van der Waals surface area contributed by atoms with Crippen molar-refractivity contribution in [3.05, 3.63) is 0 Å². The fourth-order valence-electron chi connectivity index (χ4n) is 0. The molecular formula is C4H17AgNaO9. The number of rotatable bonds is 0. The van der Waals surface area contributed by atoms with E-state index in [1.54, 1.807) is 0 Å². The van der Waals surface area contributed by atoms with Crippen LogP contribution >= 0.6 is 0 Å². The number of carboxylic acid groups (broad SMARTS) is 2. The first-order valence-electron chi connectivity index (χ1n) is 1.84. The molecule has 0 aliphatic rings. The molecule has 15 heavy (non-hydrogen) atoms. The minimum absolute atomic E-state index is 0. The molecule has 0 amide bonds. The monoisotopic (exact) mass is 339 g/mol. The van der Waals surface area contributed by atoms with E-state index in [4.69, 9.17) is 19.8 Å². The SMILES string of the molecule is CC(=O)O.CC(=O)[O-].O.O.O.O.O.[Ag].[Na+]. The molecule has 0 aromatic rings. The smallest absolute Gasteiger partial charge is 0.550 e. The minimum atomic E-state index is -1.08. The molecule has 0 saturated carbocycles. The van der Waals surface area contributed by atoms with Gasteiger partial charge in [-0.15, -0.1) is 0 Å². The van der Waals surface area contributed by atoms with Gasteiger partial charge in [-0.2, -0.15) is 0 Å². The molecule has 0 unspecified atom stereocenters. The fourth-order valence-corrected chi connectivity index (χ4v) is 0. The van der Waals surface area contributed by atoms with Gasteiger partial charge in [-0.3, -0.25) is 4.79 Å². The molecule has 9 nitrogen and oxygen atoms in total. The largest absolute Gasteiger partial charge is 1.00 e. The quantitative estimate of drug-likeness (QED) is 0.422. The van der Waals surface area contributed by atoms with E-state index >= 15 is 0 Å². The first kappa shape index (κ1) is 77.3. The summed E-state index contributed by atoms with van der Waals surface area (Å²) in [6.45, 7) is 2.06. The number of carbonyl (C=O) groups excluding carboxylic acids is 1. The Balaban J connectivity index is -0.00000000468. The number of hydrogen-bond acceptors (Lipinski definition) is 3. The Hall–Kier alpha value is 0.480. The maximum absolute atomic E-state index is 9.00. The molecule has 0 fully saturated rings. The van der Waals surface area contributed by atoms with Crippen LogP contribution in [0.3, 0.4) is 0 Å². The molecule has 1 radical (unpaired) electrons. The van der Waals surface area contributed by atoms with Crippen LogP contribution in [0.5, 0.6) is 0 Å². The van der Waals surface area contributed by atoms with E-state index in [1.165, 1.54) is 0 Å². The van der Waals surface area contributed by atoms with E-state index in [0.717, 1.165) is 13.8 Å². The Morgan fingerprint density at radius 2 is 0.933 bits per heavy atom. The molecule has 0 saturated heterocycles. The van der Waals surface area contributed by atoms with Crippen LogP contribution in [0, 0.1) is 0 Å². The molecule has 0 aliphatic carbocycles. The molecule has 0 bridgehead atoms. The van der Waals surface area contributed by atoms with Gasteiger partial charge >= 0.3 is 29.6 Å². The van der Waals surface area contributed by atoms with Gasteiger partial charge in [0.05, 0.1) is 0 Å². The second-order valence-corrected chi connectivity index (χ2v) is 1.01. The van der Waals surface area contributed by atoms with Crippen LogP contribution in [0.4, 0.5) is 0 Å². The second kappa shape index (κ2) is 62.7. The average molecular weight is 340 g/mol. The summed E-state index contributed by atoms with van der Waals surface area (Å²) in [4.78, 5) is 17.9. The number of carbonyl (C=O) groups is 2. The summed E-state index contributed by atoms with van der Waals surface area (Å²) in [7, 11) is 0. The summed E-state index contributed by atoms with van der Waals surface area (Å²) in [5, 5.41) is 16.3. The van der Waals surface area contributed by atoms with Crippen LogP contribution in [-0.2, 0) is 32.0 Å². The van der Waals surface area contributed by atoms with E-state index in [-0.39, 0.29) is 79.3 Å². The van der Waals surface area contributed by atoms with E-state index in [2.05, 4.69) is 0 Å². The van der Waals surface area contributed by atoms with Crippen molar-refractivity contribution in [1.82, 2.24) is 0 Å². The molecule has 0 heterocycles. The molecule has 0 aromatic heterocycles. The van der Waals surface area contributed by atoms with Crippen LogP contribution in [0.1, 0.15) is 13.8 Å². The molecule has 11 heteroatoms. The zero-order chi connectivity index (χ0) is 7.15. The van der Waals surface area contributed by atoms with Crippen molar-refractivity contribution < 1.29 is 99.1 Å². The Bertz CT molecular complexity index is 80.1. The summed E-state index contributed by atoms with van der Waals surface area (Å²) >= 11 is 0. The van der Waals surface area contributed by atoms with Crippen molar-refractivity contribution in [2.75, 3.05) is 0 Å². The van der Waals surface area contributed by atoms with Crippen LogP contribution in [0.25, 0.3) is 0 Å². The van der Waals surface area contributed by atoms with Crippen LogP contribution in [0.2, 0.25) is 0 Å². The summed E-state index contributed by atoms with van der Waals surface area (Å²) < 4.78 is 0. The molecule has 0 rings (SSSR count).